The molecule has 1 aliphatic carbocycles. The van der Waals surface area contributed by atoms with Crippen LogP contribution >= 0.6 is 12.4 Å². The molecular weight excluding hydrogens is 388 g/mol. The van der Waals surface area contributed by atoms with Crippen LogP contribution in [0.5, 0.6) is 11.5 Å². The van der Waals surface area contributed by atoms with Crippen molar-refractivity contribution >= 4 is 24.4 Å². The van der Waals surface area contributed by atoms with Gasteiger partial charge >= 0.3 is 0 Å². The number of rotatable bonds is 8. The Labute approximate surface area is 181 Å². The third-order valence-corrected chi connectivity index (χ3v) is 5.84. The van der Waals surface area contributed by atoms with E-state index < -0.39 is 0 Å². The number of hydrogen-bond donors (Lipinski definition) is 1. The highest BCUT2D eigenvalue weighted by Crippen LogP contribution is 2.29. The molecule has 1 amide bonds. The molecule has 0 unspecified atom stereocenters. The first-order valence-corrected chi connectivity index (χ1v) is 10.7. The zero-order valence-electron chi connectivity index (χ0n) is 17.7. The number of likely N-dealkylation sites (tertiary alicyclic amines) is 1. The van der Waals surface area contributed by atoms with Gasteiger partial charge in [-0.15, -0.1) is 12.4 Å². The number of hydrogen-bond acceptors (Lipinski definition) is 4. The van der Waals surface area contributed by atoms with Crippen LogP contribution in [0.1, 0.15) is 51.0 Å². The molecule has 2 aliphatic rings. The summed E-state index contributed by atoms with van der Waals surface area (Å²) in [6.07, 6.45) is 10.6. The van der Waals surface area contributed by atoms with Crippen molar-refractivity contribution in [2.75, 3.05) is 33.4 Å². The summed E-state index contributed by atoms with van der Waals surface area (Å²) in [5.74, 6) is 2.21. The van der Waals surface area contributed by atoms with Crippen LogP contribution in [-0.4, -0.2) is 50.2 Å². The lowest BCUT2D eigenvalue weighted by Gasteiger charge is -2.26. The molecule has 0 bridgehead atoms. The summed E-state index contributed by atoms with van der Waals surface area (Å²) < 4.78 is 11.4. The van der Waals surface area contributed by atoms with E-state index in [2.05, 4.69) is 17.1 Å². The molecule has 0 spiro atoms. The minimum absolute atomic E-state index is 0. The van der Waals surface area contributed by atoms with Gasteiger partial charge in [0.2, 0.25) is 5.91 Å². The van der Waals surface area contributed by atoms with Gasteiger partial charge in [-0.05, 0) is 81.3 Å². The van der Waals surface area contributed by atoms with E-state index in [-0.39, 0.29) is 18.3 Å². The Hall–Kier alpha value is -1.72. The van der Waals surface area contributed by atoms with Crippen LogP contribution < -0.4 is 14.8 Å². The van der Waals surface area contributed by atoms with Crippen molar-refractivity contribution < 1.29 is 14.3 Å². The van der Waals surface area contributed by atoms with Crippen LogP contribution in [0.15, 0.2) is 24.3 Å². The Balaban J connectivity index is 0.00000300. The number of carbonyl (C=O) groups is 1. The Morgan fingerprint density at radius 2 is 1.90 bits per heavy atom. The van der Waals surface area contributed by atoms with Gasteiger partial charge in [-0.25, -0.2) is 0 Å². The molecule has 1 saturated heterocycles. The van der Waals surface area contributed by atoms with Gasteiger partial charge in [-0.1, -0.05) is 13.0 Å². The summed E-state index contributed by atoms with van der Waals surface area (Å²) in [6.45, 7) is 6.24. The standard InChI is InChI=1S/C23H34N2O3.ClH/c1-18-5-9-20(10-6-18)24-23(26)12-8-19-7-11-21(22(17-19)27-2)28-16-15-25-13-3-4-14-25;/h7-8,11-12,17-18,20H,3-6,9-10,13-16H2,1-2H3,(H,24,26);1H/t18-,20-;. The van der Waals surface area contributed by atoms with Crippen LogP contribution in [0.2, 0.25) is 0 Å². The number of ether oxygens (including phenoxy) is 2. The predicted octanol–water partition coefficient (Wildman–Crippen LogP) is 4.30. The molecule has 0 radical (unpaired) electrons. The van der Waals surface area contributed by atoms with Gasteiger partial charge < -0.3 is 14.8 Å². The van der Waals surface area contributed by atoms with E-state index in [1.165, 1.54) is 38.8 Å². The first kappa shape index (κ1) is 23.6. The maximum atomic E-state index is 12.2. The van der Waals surface area contributed by atoms with Crippen LogP contribution in [0.4, 0.5) is 0 Å². The molecule has 29 heavy (non-hydrogen) atoms. The van der Waals surface area contributed by atoms with Crippen molar-refractivity contribution in [1.29, 1.82) is 0 Å². The fraction of sp³-hybridized carbons (Fsp3) is 0.609. The van der Waals surface area contributed by atoms with Crippen molar-refractivity contribution in [3.05, 3.63) is 29.8 Å². The molecule has 1 heterocycles. The normalized spacial score (nSPS) is 22.3. The van der Waals surface area contributed by atoms with E-state index in [4.69, 9.17) is 9.47 Å². The summed E-state index contributed by atoms with van der Waals surface area (Å²) >= 11 is 0. The molecule has 0 aromatic heterocycles. The summed E-state index contributed by atoms with van der Waals surface area (Å²) in [5.41, 5.74) is 0.927. The van der Waals surface area contributed by atoms with Gasteiger partial charge in [0.1, 0.15) is 6.61 Å². The smallest absolute Gasteiger partial charge is 0.244 e. The predicted molar refractivity (Wildman–Crippen MR) is 120 cm³/mol. The van der Waals surface area contributed by atoms with Crippen LogP contribution in [-0.2, 0) is 4.79 Å². The first-order valence-electron chi connectivity index (χ1n) is 10.7. The molecule has 1 saturated carbocycles. The molecule has 1 N–H and O–H groups in total. The Bertz CT molecular complexity index is 666. The summed E-state index contributed by atoms with van der Waals surface area (Å²) in [5, 5.41) is 3.12. The van der Waals surface area contributed by atoms with Gasteiger partial charge in [0.05, 0.1) is 7.11 Å². The second-order valence-corrected chi connectivity index (χ2v) is 8.11. The molecule has 0 atom stereocenters. The van der Waals surface area contributed by atoms with Crippen LogP contribution in [0, 0.1) is 5.92 Å². The van der Waals surface area contributed by atoms with E-state index in [1.807, 2.05) is 24.3 Å². The molecule has 162 valence electrons. The number of amides is 1. The highest BCUT2D eigenvalue weighted by atomic mass is 35.5. The molecule has 6 heteroatoms. The van der Waals surface area contributed by atoms with E-state index in [9.17, 15) is 4.79 Å². The number of benzene rings is 1. The van der Waals surface area contributed by atoms with Crippen molar-refractivity contribution in [2.45, 2.75) is 51.5 Å². The topological polar surface area (TPSA) is 50.8 Å². The quantitative estimate of drug-likeness (QED) is 0.634. The van der Waals surface area contributed by atoms with E-state index >= 15 is 0 Å². The maximum absolute atomic E-state index is 12.2. The Kier molecular flexibility index (Phi) is 9.82. The second-order valence-electron chi connectivity index (χ2n) is 8.11. The number of methoxy groups -OCH3 is 1. The van der Waals surface area contributed by atoms with Crippen molar-refractivity contribution in [3.8, 4) is 11.5 Å². The molecule has 5 nitrogen and oxygen atoms in total. The minimum Gasteiger partial charge on any atom is -0.493 e. The highest BCUT2D eigenvalue weighted by Gasteiger charge is 2.18. The zero-order valence-corrected chi connectivity index (χ0v) is 18.5. The lowest BCUT2D eigenvalue weighted by atomic mass is 9.87. The molecule has 1 aliphatic heterocycles. The third kappa shape index (κ3) is 7.56. The lowest BCUT2D eigenvalue weighted by Crippen LogP contribution is -2.36. The van der Waals surface area contributed by atoms with E-state index in [1.54, 1.807) is 13.2 Å². The largest absolute Gasteiger partial charge is 0.493 e. The monoisotopic (exact) mass is 422 g/mol. The summed E-state index contributed by atoms with van der Waals surface area (Å²) in [7, 11) is 1.65. The first-order chi connectivity index (χ1) is 13.6. The average molecular weight is 423 g/mol. The third-order valence-electron chi connectivity index (χ3n) is 5.84. The Morgan fingerprint density at radius 1 is 1.17 bits per heavy atom. The van der Waals surface area contributed by atoms with Gasteiger partial charge in [-0.3, -0.25) is 9.69 Å². The number of nitrogens with zero attached hydrogens (tertiary/aromatic N) is 1. The summed E-state index contributed by atoms with van der Waals surface area (Å²) in [4.78, 5) is 14.6. The van der Waals surface area contributed by atoms with E-state index in [0.29, 0.717) is 18.4 Å². The minimum atomic E-state index is -0.0236. The van der Waals surface area contributed by atoms with Gasteiger partial charge in [0.25, 0.3) is 0 Å². The van der Waals surface area contributed by atoms with Crippen molar-refractivity contribution in [1.82, 2.24) is 10.2 Å². The Morgan fingerprint density at radius 3 is 2.59 bits per heavy atom. The maximum Gasteiger partial charge on any atom is 0.244 e. The van der Waals surface area contributed by atoms with Crippen LogP contribution in [0.25, 0.3) is 6.08 Å². The van der Waals surface area contributed by atoms with Crippen LogP contribution in [0.3, 0.4) is 0 Å². The number of halogens is 1. The fourth-order valence-electron chi connectivity index (χ4n) is 4.02. The summed E-state index contributed by atoms with van der Waals surface area (Å²) in [6, 6.07) is 6.11. The highest BCUT2D eigenvalue weighted by molar-refractivity contribution is 5.92. The molecular formula is C23H35ClN2O3. The number of carbonyl (C=O) groups excluding carboxylic acids is 1. The zero-order chi connectivity index (χ0) is 19.8. The molecule has 1 aromatic carbocycles. The van der Waals surface area contributed by atoms with Gasteiger partial charge in [0.15, 0.2) is 11.5 Å². The van der Waals surface area contributed by atoms with Gasteiger partial charge in [-0.2, -0.15) is 0 Å². The van der Waals surface area contributed by atoms with Crippen molar-refractivity contribution in [3.63, 3.8) is 0 Å². The number of nitrogens with one attached hydrogen (secondary N) is 1. The second kappa shape index (κ2) is 12.1. The SMILES string of the molecule is COc1cc(C=CC(=O)N[C@H]2CC[C@H](C)CC2)ccc1OCCN1CCCC1.Cl. The van der Waals surface area contributed by atoms with Crippen molar-refractivity contribution in [2.24, 2.45) is 5.92 Å². The van der Waals surface area contributed by atoms with E-state index in [0.717, 1.165) is 36.6 Å². The van der Waals surface area contributed by atoms with Gasteiger partial charge in [0, 0.05) is 18.7 Å². The molecule has 2 fully saturated rings. The molecule has 3 rings (SSSR count). The molecule has 1 aromatic rings. The average Bonchev–Trinajstić information content (AvgIpc) is 3.22. The lowest BCUT2D eigenvalue weighted by molar-refractivity contribution is -0.117. The fourth-order valence-corrected chi connectivity index (χ4v) is 4.02.